The Hall–Kier alpha value is -2.07. The van der Waals surface area contributed by atoms with Gasteiger partial charge in [0.15, 0.2) is 5.16 Å². The SMILES string of the molecule is COC(=O)c1cc2c(NC3CCN(C(=O)OC(C)(C)C)CC3)nc(SC)nc2s1. The van der Waals surface area contributed by atoms with Gasteiger partial charge in [0.1, 0.15) is 21.1 Å². The van der Waals surface area contributed by atoms with E-state index in [9.17, 15) is 9.59 Å². The minimum Gasteiger partial charge on any atom is -0.465 e. The number of fused-ring (bicyclic) bond motifs is 1. The molecule has 1 aliphatic heterocycles. The van der Waals surface area contributed by atoms with Crippen molar-refractivity contribution in [3.8, 4) is 0 Å². The van der Waals surface area contributed by atoms with Crippen LogP contribution in [0.25, 0.3) is 10.2 Å². The molecule has 29 heavy (non-hydrogen) atoms. The number of esters is 1. The second-order valence-electron chi connectivity index (χ2n) is 7.77. The molecular weight excluding hydrogens is 412 g/mol. The van der Waals surface area contributed by atoms with E-state index in [1.54, 1.807) is 11.0 Å². The van der Waals surface area contributed by atoms with Gasteiger partial charge >= 0.3 is 12.1 Å². The molecule has 0 bridgehead atoms. The summed E-state index contributed by atoms with van der Waals surface area (Å²) in [5.41, 5.74) is -0.497. The highest BCUT2D eigenvalue weighted by molar-refractivity contribution is 7.98. The zero-order chi connectivity index (χ0) is 21.2. The Balaban J connectivity index is 1.73. The van der Waals surface area contributed by atoms with Crippen LogP contribution in [0, 0.1) is 0 Å². The van der Waals surface area contributed by atoms with Crippen LogP contribution in [0.2, 0.25) is 0 Å². The highest BCUT2D eigenvalue weighted by atomic mass is 32.2. The molecule has 0 spiro atoms. The lowest BCUT2D eigenvalue weighted by molar-refractivity contribution is 0.0210. The van der Waals surface area contributed by atoms with E-state index in [2.05, 4.69) is 15.3 Å². The molecule has 3 heterocycles. The molecule has 1 saturated heterocycles. The van der Waals surface area contributed by atoms with Crippen LogP contribution in [0.15, 0.2) is 11.2 Å². The molecule has 8 nitrogen and oxygen atoms in total. The van der Waals surface area contributed by atoms with E-state index in [4.69, 9.17) is 9.47 Å². The highest BCUT2D eigenvalue weighted by Crippen LogP contribution is 2.32. The maximum absolute atomic E-state index is 12.2. The van der Waals surface area contributed by atoms with Gasteiger partial charge in [0.2, 0.25) is 0 Å². The van der Waals surface area contributed by atoms with Crippen molar-refractivity contribution in [3.05, 3.63) is 10.9 Å². The molecule has 0 unspecified atom stereocenters. The fourth-order valence-electron chi connectivity index (χ4n) is 3.03. The average Bonchev–Trinajstić information content (AvgIpc) is 3.11. The van der Waals surface area contributed by atoms with Crippen molar-refractivity contribution in [1.29, 1.82) is 0 Å². The van der Waals surface area contributed by atoms with Crippen LogP contribution in [0.5, 0.6) is 0 Å². The zero-order valence-corrected chi connectivity index (χ0v) is 18.9. The summed E-state index contributed by atoms with van der Waals surface area (Å²) in [6.45, 7) is 6.84. The molecule has 2 aromatic heterocycles. The number of nitrogens with one attached hydrogen (secondary N) is 1. The van der Waals surface area contributed by atoms with Crippen LogP contribution in [0.3, 0.4) is 0 Å². The predicted octanol–water partition coefficient (Wildman–Crippen LogP) is 4.01. The van der Waals surface area contributed by atoms with Gasteiger partial charge in [-0.3, -0.25) is 0 Å². The summed E-state index contributed by atoms with van der Waals surface area (Å²) in [7, 11) is 1.36. The predicted molar refractivity (Wildman–Crippen MR) is 115 cm³/mol. The molecule has 0 aromatic carbocycles. The fraction of sp³-hybridized carbons (Fsp3) is 0.579. The van der Waals surface area contributed by atoms with Crippen molar-refractivity contribution in [1.82, 2.24) is 14.9 Å². The van der Waals surface area contributed by atoms with Gasteiger partial charge in [0, 0.05) is 19.1 Å². The molecule has 3 rings (SSSR count). The van der Waals surface area contributed by atoms with E-state index in [-0.39, 0.29) is 18.1 Å². The second-order valence-corrected chi connectivity index (χ2v) is 9.57. The molecule has 1 fully saturated rings. The van der Waals surface area contributed by atoms with Gasteiger partial charge in [0.05, 0.1) is 12.5 Å². The van der Waals surface area contributed by atoms with Crippen molar-refractivity contribution in [2.45, 2.75) is 50.4 Å². The Kier molecular flexibility index (Phi) is 6.52. The number of hydrogen-bond acceptors (Lipinski definition) is 9. The summed E-state index contributed by atoms with van der Waals surface area (Å²) in [6.07, 6.45) is 3.21. The number of aromatic nitrogens is 2. The molecule has 0 radical (unpaired) electrons. The quantitative estimate of drug-likeness (QED) is 0.435. The minimum atomic E-state index is -0.497. The topological polar surface area (TPSA) is 93.7 Å². The largest absolute Gasteiger partial charge is 0.465 e. The summed E-state index contributed by atoms with van der Waals surface area (Å²) in [6, 6.07) is 1.94. The Morgan fingerprint density at radius 1 is 1.28 bits per heavy atom. The van der Waals surface area contributed by atoms with E-state index in [0.29, 0.717) is 28.9 Å². The molecule has 0 saturated carbocycles. The number of ether oxygens (including phenoxy) is 2. The minimum absolute atomic E-state index is 0.169. The lowest BCUT2D eigenvalue weighted by Gasteiger charge is -2.34. The van der Waals surface area contributed by atoms with Crippen molar-refractivity contribution >= 4 is 51.2 Å². The first-order chi connectivity index (χ1) is 13.7. The van der Waals surface area contributed by atoms with Crippen LogP contribution in [-0.4, -0.2) is 65.0 Å². The number of rotatable bonds is 4. The molecule has 10 heteroatoms. The number of carbonyl (C=O) groups is 2. The number of nitrogens with zero attached hydrogens (tertiary/aromatic N) is 3. The van der Waals surface area contributed by atoms with Crippen molar-refractivity contribution in [2.75, 3.05) is 31.8 Å². The van der Waals surface area contributed by atoms with Gasteiger partial charge in [0.25, 0.3) is 0 Å². The standard InChI is InChI=1S/C19H26N4O4S2/c1-19(2,3)27-18(25)23-8-6-11(7-9-23)20-14-12-10-13(16(24)26-4)29-15(12)22-17(21-14)28-5/h10-11H,6-9H2,1-5H3,(H,20,21,22). The lowest BCUT2D eigenvalue weighted by atomic mass is 10.1. The zero-order valence-electron chi connectivity index (χ0n) is 17.3. The first kappa shape index (κ1) is 21.6. The summed E-state index contributed by atoms with van der Waals surface area (Å²) in [4.78, 5) is 36.3. The lowest BCUT2D eigenvalue weighted by Crippen LogP contribution is -2.44. The molecule has 1 amide bonds. The van der Waals surface area contributed by atoms with Crippen molar-refractivity contribution in [3.63, 3.8) is 0 Å². The number of thioether (sulfide) groups is 1. The van der Waals surface area contributed by atoms with Crippen LogP contribution >= 0.6 is 23.1 Å². The van der Waals surface area contributed by atoms with Gasteiger partial charge in [-0.2, -0.15) is 0 Å². The van der Waals surface area contributed by atoms with E-state index in [1.807, 2.05) is 27.0 Å². The average molecular weight is 439 g/mol. The Morgan fingerprint density at radius 2 is 1.97 bits per heavy atom. The summed E-state index contributed by atoms with van der Waals surface area (Å²) < 4.78 is 10.3. The third-order valence-electron chi connectivity index (χ3n) is 4.43. The molecule has 1 N–H and O–H groups in total. The van der Waals surface area contributed by atoms with Gasteiger partial charge in [-0.1, -0.05) is 11.8 Å². The number of piperidine rings is 1. The Labute approximate surface area is 178 Å². The number of amides is 1. The van der Waals surface area contributed by atoms with Crippen LogP contribution < -0.4 is 5.32 Å². The monoisotopic (exact) mass is 438 g/mol. The van der Waals surface area contributed by atoms with Gasteiger partial charge in [-0.15, -0.1) is 11.3 Å². The molecule has 0 atom stereocenters. The van der Waals surface area contributed by atoms with E-state index >= 15 is 0 Å². The maximum Gasteiger partial charge on any atom is 0.410 e. The molecule has 1 aliphatic rings. The fourth-order valence-corrected chi connectivity index (χ4v) is 4.40. The second kappa shape index (κ2) is 8.74. The third kappa shape index (κ3) is 5.30. The van der Waals surface area contributed by atoms with Gasteiger partial charge in [-0.25, -0.2) is 19.6 Å². The van der Waals surface area contributed by atoms with Crippen molar-refractivity contribution in [2.24, 2.45) is 0 Å². The third-order valence-corrected chi connectivity index (χ3v) is 5.99. The summed E-state index contributed by atoms with van der Waals surface area (Å²) in [5, 5.41) is 4.94. The van der Waals surface area contributed by atoms with Crippen molar-refractivity contribution < 1.29 is 19.1 Å². The number of hydrogen-bond donors (Lipinski definition) is 1. The molecular formula is C19H26N4O4S2. The maximum atomic E-state index is 12.2. The Bertz CT molecular complexity index is 901. The Morgan fingerprint density at radius 3 is 2.55 bits per heavy atom. The van der Waals surface area contributed by atoms with Crippen LogP contribution in [0.4, 0.5) is 10.6 Å². The van der Waals surface area contributed by atoms with E-state index in [1.165, 1.54) is 30.2 Å². The highest BCUT2D eigenvalue weighted by Gasteiger charge is 2.27. The number of likely N-dealkylation sites (tertiary alicyclic amines) is 1. The summed E-state index contributed by atoms with van der Waals surface area (Å²) >= 11 is 2.75. The number of anilines is 1. The number of carbonyl (C=O) groups excluding carboxylic acids is 2. The smallest absolute Gasteiger partial charge is 0.410 e. The van der Waals surface area contributed by atoms with E-state index in [0.717, 1.165) is 23.1 Å². The molecule has 158 valence electrons. The van der Waals surface area contributed by atoms with Gasteiger partial charge in [-0.05, 0) is 45.9 Å². The molecule has 0 aliphatic carbocycles. The first-order valence-corrected chi connectivity index (χ1v) is 11.4. The normalized spacial score (nSPS) is 15.4. The molecule has 2 aromatic rings. The number of methoxy groups -OCH3 is 1. The van der Waals surface area contributed by atoms with Crippen LogP contribution in [-0.2, 0) is 9.47 Å². The van der Waals surface area contributed by atoms with Crippen LogP contribution in [0.1, 0.15) is 43.3 Å². The van der Waals surface area contributed by atoms with E-state index < -0.39 is 5.60 Å². The van der Waals surface area contributed by atoms with Gasteiger partial charge < -0.3 is 19.7 Å². The summed E-state index contributed by atoms with van der Waals surface area (Å²) in [5.74, 6) is 0.330. The first-order valence-electron chi connectivity index (χ1n) is 9.38. The number of thiophene rings is 1.